The van der Waals surface area contributed by atoms with Crippen molar-refractivity contribution in [3.05, 3.63) is 75.7 Å². The summed E-state index contributed by atoms with van der Waals surface area (Å²) in [6, 6.07) is 11.9. The Morgan fingerprint density at radius 3 is 2.55 bits per heavy atom. The van der Waals surface area contributed by atoms with Crippen molar-refractivity contribution in [1.29, 1.82) is 0 Å². The van der Waals surface area contributed by atoms with Crippen molar-refractivity contribution in [2.75, 3.05) is 7.11 Å². The van der Waals surface area contributed by atoms with Crippen LogP contribution >= 0.6 is 0 Å². The van der Waals surface area contributed by atoms with Crippen LogP contribution in [0.3, 0.4) is 0 Å². The number of aryl methyl sites for hydroxylation is 3. The SMILES string of the molecule is COc1cc2c(cc1-c1c(C)noc1C)ncc1oc(=O)n(Cc3ccc(C)cc3)c12. The van der Waals surface area contributed by atoms with Crippen LogP contribution in [0.15, 0.2) is 56.3 Å². The smallest absolute Gasteiger partial charge is 0.420 e. The van der Waals surface area contributed by atoms with Crippen molar-refractivity contribution in [3.63, 3.8) is 0 Å². The summed E-state index contributed by atoms with van der Waals surface area (Å²) in [5, 5.41) is 4.84. The van der Waals surface area contributed by atoms with Gasteiger partial charge in [-0.25, -0.2) is 4.79 Å². The zero-order valence-electron chi connectivity index (χ0n) is 17.7. The number of fused-ring (bicyclic) bond motifs is 3. The van der Waals surface area contributed by atoms with Gasteiger partial charge < -0.3 is 13.7 Å². The molecule has 0 saturated carbocycles. The summed E-state index contributed by atoms with van der Waals surface area (Å²) in [4.78, 5) is 17.2. The predicted molar refractivity (Wildman–Crippen MR) is 118 cm³/mol. The third kappa shape index (κ3) is 3.09. The lowest BCUT2D eigenvalue weighted by molar-refractivity contribution is 0.393. The molecule has 0 saturated heterocycles. The molecule has 5 aromatic rings. The summed E-state index contributed by atoms with van der Waals surface area (Å²) in [5.41, 5.74) is 6.53. The van der Waals surface area contributed by atoms with Crippen LogP contribution in [0.1, 0.15) is 22.6 Å². The molecule has 0 aliphatic rings. The number of hydrogen-bond acceptors (Lipinski definition) is 6. The average Bonchev–Trinajstić information content (AvgIpc) is 3.26. The molecule has 0 spiro atoms. The molecule has 0 bridgehead atoms. The van der Waals surface area contributed by atoms with Crippen LogP contribution in [-0.4, -0.2) is 21.8 Å². The number of pyridine rings is 1. The Labute approximate surface area is 177 Å². The van der Waals surface area contributed by atoms with Crippen molar-refractivity contribution in [2.45, 2.75) is 27.3 Å². The molecule has 0 aliphatic carbocycles. The third-order valence-corrected chi connectivity index (χ3v) is 5.58. The molecular formula is C24H21N3O4. The van der Waals surface area contributed by atoms with Gasteiger partial charge in [-0.1, -0.05) is 35.0 Å². The van der Waals surface area contributed by atoms with Crippen LogP contribution in [-0.2, 0) is 6.54 Å². The fourth-order valence-electron chi connectivity index (χ4n) is 4.03. The van der Waals surface area contributed by atoms with Gasteiger partial charge >= 0.3 is 5.76 Å². The highest BCUT2D eigenvalue weighted by molar-refractivity contribution is 6.04. The molecule has 0 atom stereocenters. The Morgan fingerprint density at radius 2 is 1.87 bits per heavy atom. The molecule has 7 nitrogen and oxygen atoms in total. The second-order valence-electron chi connectivity index (χ2n) is 7.68. The minimum absolute atomic E-state index is 0.402. The maximum Gasteiger partial charge on any atom is 0.420 e. The highest BCUT2D eigenvalue weighted by atomic mass is 16.5. The minimum Gasteiger partial charge on any atom is -0.496 e. The fourth-order valence-corrected chi connectivity index (χ4v) is 4.03. The maximum atomic E-state index is 12.7. The highest BCUT2D eigenvalue weighted by Crippen LogP contribution is 2.38. The van der Waals surface area contributed by atoms with E-state index in [1.165, 1.54) is 5.56 Å². The first-order valence-corrected chi connectivity index (χ1v) is 9.95. The van der Waals surface area contributed by atoms with Crippen LogP contribution in [0.5, 0.6) is 5.75 Å². The summed E-state index contributed by atoms with van der Waals surface area (Å²) in [7, 11) is 1.62. The van der Waals surface area contributed by atoms with Gasteiger partial charge in [0.2, 0.25) is 0 Å². The van der Waals surface area contributed by atoms with E-state index in [9.17, 15) is 4.79 Å². The highest BCUT2D eigenvalue weighted by Gasteiger charge is 2.20. The second-order valence-corrected chi connectivity index (χ2v) is 7.68. The summed E-state index contributed by atoms with van der Waals surface area (Å²) in [6.45, 7) is 6.19. The largest absolute Gasteiger partial charge is 0.496 e. The zero-order valence-corrected chi connectivity index (χ0v) is 17.7. The van der Waals surface area contributed by atoms with Gasteiger partial charge in [-0.2, -0.15) is 0 Å². The Kier molecular flexibility index (Phi) is 4.39. The van der Waals surface area contributed by atoms with Crippen molar-refractivity contribution >= 4 is 22.0 Å². The molecular weight excluding hydrogens is 394 g/mol. The van der Waals surface area contributed by atoms with E-state index in [4.69, 9.17) is 13.7 Å². The van der Waals surface area contributed by atoms with Crippen LogP contribution < -0.4 is 10.5 Å². The minimum atomic E-state index is -0.418. The standard InChI is InChI=1S/C24H21N3O4/c1-13-5-7-16(8-6-13)12-27-23-17-10-20(29-4)18(22-14(2)26-31-15(22)3)9-19(17)25-11-21(23)30-24(27)28/h5-11H,12H2,1-4H3. The van der Waals surface area contributed by atoms with Crippen molar-refractivity contribution in [2.24, 2.45) is 0 Å². The van der Waals surface area contributed by atoms with Crippen LogP contribution in [0.4, 0.5) is 0 Å². The van der Waals surface area contributed by atoms with E-state index >= 15 is 0 Å². The van der Waals surface area contributed by atoms with Crippen LogP contribution in [0.2, 0.25) is 0 Å². The molecule has 31 heavy (non-hydrogen) atoms. The third-order valence-electron chi connectivity index (χ3n) is 5.58. The number of ether oxygens (including phenoxy) is 1. The molecule has 3 aromatic heterocycles. The lowest BCUT2D eigenvalue weighted by Crippen LogP contribution is -2.15. The number of oxazole rings is 1. The summed E-state index contributed by atoms with van der Waals surface area (Å²) < 4.78 is 18.2. The van der Waals surface area contributed by atoms with Gasteiger partial charge in [-0.05, 0) is 38.5 Å². The van der Waals surface area contributed by atoms with Gasteiger partial charge in [-0.3, -0.25) is 9.55 Å². The number of benzene rings is 2. The molecule has 2 aromatic carbocycles. The first-order valence-electron chi connectivity index (χ1n) is 9.95. The Bertz CT molecular complexity index is 1470. The molecule has 0 fully saturated rings. The van der Waals surface area contributed by atoms with Gasteiger partial charge in [0.25, 0.3) is 0 Å². The van der Waals surface area contributed by atoms with Crippen molar-refractivity contribution < 1.29 is 13.7 Å². The molecule has 3 heterocycles. The number of nitrogens with zero attached hydrogens (tertiary/aromatic N) is 3. The van der Waals surface area contributed by atoms with Crippen molar-refractivity contribution in [1.82, 2.24) is 14.7 Å². The molecule has 0 N–H and O–H groups in total. The number of rotatable bonds is 4. The molecule has 156 valence electrons. The van der Waals surface area contributed by atoms with E-state index in [-0.39, 0.29) is 0 Å². The monoisotopic (exact) mass is 415 g/mol. The van der Waals surface area contributed by atoms with Crippen LogP contribution in [0, 0.1) is 20.8 Å². The number of aromatic nitrogens is 3. The van der Waals surface area contributed by atoms with Gasteiger partial charge in [0.05, 0.1) is 36.6 Å². The molecule has 0 amide bonds. The molecule has 0 radical (unpaired) electrons. The van der Waals surface area contributed by atoms with E-state index in [2.05, 4.69) is 10.1 Å². The van der Waals surface area contributed by atoms with E-state index in [1.54, 1.807) is 17.9 Å². The van der Waals surface area contributed by atoms with Gasteiger partial charge in [0, 0.05) is 10.9 Å². The lowest BCUT2D eigenvalue weighted by Gasteiger charge is -2.11. The Hall–Kier alpha value is -3.87. The normalized spacial score (nSPS) is 11.5. The zero-order chi connectivity index (χ0) is 21.7. The average molecular weight is 415 g/mol. The molecule has 0 aliphatic heterocycles. The summed E-state index contributed by atoms with van der Waals surface area (Å²) in [5.74, 6) is 0.932. The number of hydrogen-bond donors (Lipinski definition) is 0. The van der Waals surface area contributed by atoms with Crippen LogP contribution in [0.25, 0.3) is 33.1 Å². The van der Waals surface area contributed by atoms with E-state index in [1.807, 2.05) is 57.2 Å². The van der Waals surface area contributed by atoms with E-state index in [0.29, 0.717) is 29.2 Å². The van der Waals surface area contributed by atoms with Gasteiger partial charge in [0.15, 0.2) is 5.58 Å². The summed E-state index contributed by atoms with van der Waals surface area (Å²) in [6.07, 6.45) is 1.59. The topological polar surface area (TPSA) is 83.3 Å². The molecule has 5 rings (SSSR count). The lowest BCUT2D eigenvalue weighted by atomic mass is 10.0. The Morgan fingerprint density at radius 1 is 1.10 bits per heavy atom. The quantitative estimate of drug-likeness (QED) is 0.420. The van der Waals surface area contributed by atoms with Gasteiger partial charge in [0.1, 0.15) is 17.0 Å². The molecule has 0 unspecified atom stereocenters. The predicted octanol–water partition coefficient (Wildman–Crippen LogP) is 4.78. The first-order chi connectivity index (χ1) is 15.0. The summed E-state index contributed by atoms with van der Waals surface area (Å²) >= 11 is 0. The van der Waals surface area contributed by atoms with E-state index < -0.39 is 5.76 Å². The van der Waals surface area contributed by atoms with Gasteiger partial charge in [-0.15, -0.1) is 0 Å². The maximum absolute atomic E-state index is 12.7. The molecule has 7 heteroatoms. The second kappa shape index (κ2) is 7.12. The first kappa shape index (κ1) is 19.1. The number of methoxy groups -OCH3 is 1. The Balaban J connectivity index is 1.76. The fraction of sp³-hybridized carbons (Fsp3) is 0.208. The van der Waals surface area contributed by atoms with Crippen molar-refractivity contribution in [3.8, 4) is 16.9 Å². The van der Waals surface area contributed by atoms with E-state index in [0.717, 1.165) is 33.3 Å².